The number of carbonyl (C=O) groups excluding carboxylic acids is 2. The van der Waals surface area contributed by atoms with Crippen LogP contribution < -0.4 is 4.74 Å². The van der Waals surface area contributed by atoms with Crippen LogP contribution in [-0.4, -0.2) is 18.0 Å². The van der Waals surface area contributed by atoms with Crippen LogP contribution in [0.5, 0.6) is 5.75 Å². The summed E-state index contributed by atoms with van der Waals surface area (Å²) >= 11 is 0. The summed E-state index contributed by atoms with van der Waals surface area (Å²) in [6, 6.07) is 1.66. The number of esters is 2. The molecule has 0 saturated heterocycles. The Bertz CT molecular complexity index is 694. The Morgan fingerprint density at radius 1 is 1.53 bits per heavy atom. The van der Waals surface area contributed by atoms with Gasteiger partial charge in [0.15, 0.2) is 11.3 Å². The van der Waals surface area contributed by atoms with E-state index in [1.807, 2.05) is 0 Å². The van der Waals surface area contributed by atoms with Gasteiger partial charge in [0.25, 0.3) is 0 Å². The van der Waals surface area contributed by atoms with E-state index in [1.54, 1.807) is 19.9 Å². The fourth-order valence-corrected chi connectivity index (χ4v) is 2.17. The van der Waals surface area contributed by atoms with E-state index in [-0.39, 0.29) is 12.1 Å². The van der Waals surface area contributed by atoms with Crippen molar-refractivity contribution in [2.75, 3.05) is 0 Å². The standard InChI is InChI=1S/C14H12O5/c1-6(2)13(15)17-7(3)4-8-10-5-9-12(18-10)11(8)19-14(9)16/h5,7H,1,4H2,2-3H3. The van der Waals surface area contributed by atoms with Gasteiger partial charge < -0.3 is 13.9 Å². The molecule has 1 atom stereocenters. The first-order valence-electron chi connectivity index (χ1n) is 5.93. The lowest BCUT2D eigenvalue weighted by Gasteiger charge is -2.12. The highest BCUT2D eigenvalue weighted by molar-refractivity contribution is 6.09. The highest BCUT2D eigenvalue weighted by atomic mass is 16.6. The van der Waals surface area contributed by atoms with E-state index in [0.717, 1.165) is 5.56 Å². The summed E-state index contributed by atoms with van der Waals surface area (Å²) < 4.78 is 15.8. The molecule has 0 fully saturated rings. The van der Waals surface area contributed by atoms with Crippen molar-refractivity contribution in [3.05, 3.63) is 29.3 Å². The zero-order valence-electron chi connectivity index (χ0n) is 10.6. The van der Waals surface area contributed by atoms with Crippen LogP contribution in [-0.2, 0) is 16.0 Å². The molecule has 0 N–H and O–H groups in total. The van der Waals surface area contributed by atoms with Crippen molar-refractivity contribution in [2.45, 2.75) is 26.4 Å². The fourth-order valence-electron chi connectivity index (χ4n) is 2.17. The highest BCUT2D eigenvalue weighted by Crippen LogP contribution is 2.44. The molecule has 0 radical (unpaired) electrons. The number of rotatable bonds is 4. The van der Waals surface area contributed by atoms with Crippen molar-refractivity contribution < 1.29 is 23.5 Å². The summed E-state index contributed by atoms with van der Waals surface area (Å²) in [5, 5.41) is 0. The maximum absolute atomic E-state index is 11.5. The fraction of sp³-hybridized carbons (Fsp3) is 0.286. The minimum absolute atomic E-state index is 0.348. The zero-order valence-corrected chi connectivity index (χ0v) is 10.6. The molecule has 0 amide bonds. The second-order valence-electron chi connectivity index (χ2n) is 4.75. The maximum atomic E-state index is 11.5. The summed E-state index contributed by atoms with van der Waals surface area (Å²) in [6.45, 7) is 6.89. The Kier molecular flexibility index (Phi) is 2.38. The van der Waals surface area contributed by atoms with Gasteiger partial charge in [-0.25, -0.2) is 9.59 Å². The minimum Gasteiger partial charge on any atom is -0.459 e. The van der Waals surface area contributed by atoms with Crippen molar-refractivity contribution in [2.24, 2.45) is 0 Å². The summed E-state index contributed by atoms with van der Waals surface area (Å²) in [5.74, 6) is -0.350. The third-order valence-corrected chi connectivity index (χ3v) is 3.07. The number of fused-ring (bicyclic) bond motifs is 1. The van der Waals surface area contributed by atoms with E-state index in [1.165, 1.54) is 0 Å². The average molecular weight is 260 g/mol. The van der Waals surface area contributed by atoms with Crippen molar-refractivity contribution in [3.63, 3.8) is 0 Å². The Hall–Kier alpha value is -2.30. The summed E-state index contributed by atoms with van der Waals surface area (Å²) in [7, 11) is 0. The molecule has 1 aliphatic heterocycles. The number of ether oxygens (including phenoxy) is 2. The Morgan fingerprint density at radius 2 is 2.26 bits per heavy atom. The van der Waals surface area contributed by atoms with Gasteiger partial charge in [-0.05, 0) is 19.9 Å². The van der Waals surface area contributed by atoms with Crippen LogP contribution in [0.3, 0.4) is 0 Å². The molecular weight excluding hydrogens is 248 g/mol. The summed E-state index contributed by atoms with van der Waals surface area (Å²) in [6.07, 6.45) is 0.0865. The van der Waals surface area contributed by atoms with Gasteiger partial charge in [0.2, 0.25) is 0 Å². The minimum atomic E-state index is -0.431. The summed E-state index contributed by atoms with van der Waals surface area (Å²) in [5.41, 5.74) is 2.70. The van der Waals surface area contributed by atoms with E-state index in [0.29, 0.717) is 34.5 Å². The first-order chi connectivity index (χ1) is 8.97. The third-order valence-electron chi connectivity index (χ3n) is 3.07. The lowest BCUT2D eigenvalue weighted by Crippen LogP contribution is -2.17. The van der Waals surface area contributed by atoms with Gasteiger partial charge in [-0.1, -0.05) is 6.58 Å². The van der Waals surface area contributed by atoms with Gasteiger partial charge in [0.1, 0.15) is 17.3 Å². The van der Waals surface area contributed by atoms with Gasteiger partial charge in [0, 0.05) is 17.6 Å². The Balaban J connectivity index is 1.79. The number of hydrogen-bond donors (Lipinski definition) is 0. The third kappa shape index (κ3) is 1.69. The van der Waals surface area contributed by atoms with Crippen molar-refractivity contribution in [1.29, 1.82) is 0 Å². The lowest BCUT2D eigenvalue weighted by atomic mass is 10.1. The largest absolute Gasteiger partial charge is 0.459 e. The van der Waals surface area contributed by atoms with E-state index < -0.39 is 5.97 Å². The Labute approximate surface area is 109 Å². The summed E-state index contributed by atoms with van der Waals surface area (Å²) in [4.78, 5) is 22.9. The molecule has 3 rings (SSSR count). The highest BCUT2D eigenvalue weighted by Gasteiger charge is 2.35. The van der Waals surface area contributed by atoms with E-state index in [2.05, 4.69) is 6.58 Å². The maximum Gasteiger partial charge on any atom is 0.347 e. The number of furan rings is 2. The second kappa shape index (κ2) is 3.85. The molecule has 5 heteroatoms. The van der Waals surface area contributed by atoms with Gasteiger partial charge in [0.05, 0.1) is 0 Å². The molecule has 2 aromatic heterocycles. The normalized spacial score (nSPS) is 14.7. The molecule has 19 heavy (non-hydrogen) atoms. The van der Waals surface area contributed by atoms with Gasteiger partial charge in [-0.3, -0.25) is 0 Å². The van der Waals surface area contributed by atoms with E-state index in [9.17, 15) is 9.59 Å². The predicted molar refractivity (Wildman–Crippen MR) is 66.4 cm³/mol. The molecular formula is C14H12O5. The average Bonchev–Trinajstić information content (AvgIpc) is 2.93. The quantitative estimate of drug-likeness (QED) is 0.624. The van der Waals surface area contributed by atoms with Crippen LogP contribution in [0.15, 0.2) is 22.6 Å². The van der Waals surface area contributed by atoms with Crippen LogP contribution in [0.1, 0.15) is 29.8 Å². The molecule has 0 aliphatic carbocycles. The Morgan fingerprint density at radius 3 is 2.95 bits per heavy atom. The van der Waals surface area contributed by atoms with Crippen molar-refractivity contribution in [1.82, 2.24) is 0 Å². The molecule has 5 nitrogen and oxygen atoms in total. The van der Waals surface area contributed by atoms with E-state index >= 15 is 0 Å². The smallest absolute Gasteiger partial charge is 0.347 e. The van der Waals surface area contributed by atoms with Crippen LogP contribution >= 0.6 is 0 Å². The molecule has 2 bridgehead atoms. The van der Waals surface area contributed by atoms with E-state index in [4.69, 9.17) is 13.9 Å². The first kappa shape index (κ1) is 11.8. The lowest BCUT2D eigenvalue weighted by molar-refractivity contribution is -0.143. The number of carbonyl (C=O) groups is 2. The molecule has 1 unspecified atom stereocenters. The predicted octanol–water partition coefficient (Wildman–Crippen LogP) is 2.45. The molecule has 98 valence electrons. The number of benzene rings is 1. The topological polar surface area (TPSA) is 65.7 Å². The van der Waals surface area contributed by atoms with Gasteiger partial charge in [-0.2, -0.15) is 0 Å². The van der Waals surface area contributed by atoms with Gasteiger partial charge >= 0.3 is 11.9 Å². The van der Waals surface area contributed by atoms with Crippen molar-refractivity contribution >= 4 is 23.1 Å². The molecule has 0 saturated carbocycles. The molecule has 1 aliphatic rings. The van der Waals surface area contributed by atoms with Gasteiger partial charge in [-0.15, -0.1) is 0 Å². The first-order valence-corrected chi connectivity index (χ1v) is 5.93. The monoisotopic (exact) mass is 260 g/mol. The molecule has 0 aromatic carbocycles. The SMILES string of the molecule is C=C(C)C(=O)OC(C)Cc1c2c3oc1cc3C(=O)O2. The molecule has 2 aromatic rings. The molecule has 0 spiro atoms. The van der Waals surface area contributed by atoms with Crippen LogP contribution in [0.2, 0.25) is 0 Å². The second-order valence-corrected chi connectivity index (χ2v) is 4.75. The van der Waals surface area contributed by atoms with Crippen LogP contribution in [0.4, 0.5) is 0 Å². The number of hydrogen-bond acceptors (Lipinski definition) is 5. The van der Waals surface area contributed by atoms with Crippen LogP contribution in [0, 0.1) is 0 Å². The molecule has 3 heterocycles. The van der Waals surface area contributed by atoms with Crippen LogP contribution in [0.25, 0.3) is 11.2 Å². The van der Waals surface area contributed by atoms with Crippen molar-refractivity contribution in [3.8, 4) is 5.75 Å². The zero-order chi connectivity index (χ0) is 13.7.